The van der Waals surface area contributed by atoms with E-state index in [9.17, 15) is 0 Å². The Morgan fingerprint density at radius 1 is 0.700 bits per heavy atom. The van der Waals surface area contributed by atoms with Crippen LogP contribution in [0.25, 0.3) is 0 Å². The van der Waals surface area contributed by atoms with Crippen molar-refractivity contribution in [1.29, 1.82) is 0 Å². The van der Waals surface area contributed by atoms with E-state index in [1.807, 2.05) is 0 Å². The Bertz CT molecular complexity index is 204. The zero-order valence-electron chi connectivity index (χ0n) is 15.4. The summed E-state index contributed by atoms with van der Waals surface area (Å²) >= 11 is 0. The molecule has 0 bridgehead atoms. The predicted octanol–water partition coefficient (Wildman–Crippen LogP) is 7.62. The molecule has 0 amide bonds. The monoisotopic (exact) mass is 282 g/mol. The first-order valence-corrected chi connectivity index (χ1v) is 9.50. The van der Waals surface area contributed by atoms with Crippen LogP contribution in [0.15, 0.2) is 0 Å². The highest BCUT2D eigenvalue weighted by Crippen LogP contribution is 2.35. The molecular weight excluding hydrogens is 240 g/mol. The summed E-state index contributed by atoms with van der Waals surface area (Å²) in [6.45, 7) is 14.0. The van der Waals surface area contributed by atoms with Crippen LogP contribution in [0.5, 0.6) is 0 Å². The van der Waals surface area contributed by atoms with Crippen molar-refractivity contribution in [2.24, 2.45) is 17.3 Å². The Labute approximate surface area is 130 Å². The third-order valence-electron chi connectivity index (χ3n) is 5.07. The lowest BCUT2D eigenvalue weighted by Crippen LogP contribution is -2.15. The molecule has 2 unspecified atom stereocenters. The Balaban J connectivity index is 0.00000110. The second-order valence-corrected chi connectivity index (χ2v) is 7.70. The minimum atomic E-state index is 0.602. The van der Waals surface area contributed by atoms with Crippen molar-refractivity contribution in [3.05, 3.63) is 0 Å². The molecule has 20 heavy (non-hydrogen) atoms. The molecule has 0 nitrogen and oxygen atoms in total. The van der Waals surface area contributed by atoms with Gasteiger partial charge in [-0.2, -0.15) is 0 Å². The third kappa shape index (κ3) is 9.03. The van der Waals surface area contributed by atoms with Crippen LogP contribution in [-0.2, 0) is 0 Å². The van der Waals surface area contributed by atoms with E-state index in [0.717, 1.165) is 11.8 Å². The van der Waals surface area contributed by atoms with Gasteiger partial charge in [0.05, 0.1) is 0 Å². The average Bonchev–Trinajstić information content (AvgIpc) is 2.43. The van der Waals surface area contributed by atoms with E-state index in [-0.39, 0.29) is 0 Å². The zero-order valence-corrected chi connectivity index (χ0v) is 15.4. The number of rotatable bonds is 2. The number of hydrogen-bond acceptors (Lipinski definition) is 0. The second-order valence-electron chi connectivity index (χ2n) is 7.70. The molecule has 0 aromatic rings. The molecule has 1 aliphatic rings. The van der Waals surface area contributed by atoms with E-state index < -0.39 is 0 Å². The number of hydrogen-bond donors (Lipinski definition) is 0. The maximum Gasteiger partial charge on any atom is -0.0354 e. The Morgan fingerprint density at radius 2 is 1.15 bits per heavy atom. The van der Waals surface area contributed by atoms with Gasteiger partial charge in [-0.05, 0) is 30.1 Å². The van der Waals surface area contributed by atoms with Crippen molar-refractivity contribution in [2.45, 2.75) is 112 Å². The van der Waals surface area contributed by atoms with Crippen molar-refractivity contribution >= 4 is 0 Å². The van der Waals surface area contributed by atoms with E-state index in [1.165, 1.54) is 70.6 Å². The summed E-state index contributed by atoms with van der Waals surface area (Å²) in [5.41, 5.74) is 0.602. The molecule has 0 aromatic carbocycles. The van der Waals surface area contributed by atoms with E-state index in [4.69, 9.17) is 0 Å². The lowest BCUT2D eigenvalue weighted by molar-refractivity contribution is 0.248. The van der Waals surface area contributed by atoms with Gasteiger partial charge in [0.1, 0.15) is 0 Å². The third-order valence-corrected chi connectivity index (χ3v) is 5.07. The Hall–Kier alpha value is 0. The minimum absolute atomic E-state index is 0.602. The molecule has 1 fully saturated rings. The van der Waals surface area contributed by atoms with Gasteiger partial charge in [0, 0.05) is 0 Å². The first kappa shape index (κ1) is 20.0. The van der Waals surface area contributed by atoms with Crippen LogP contribution < -0.4 is 0 Å². The highest BCUT2D eigenvalue weighted by atomic mass is 14.3. The molecule has 0 N–H and O–H groups in total. The fourth-order valence-corrected chi connectivity index (χ4v) is 3.70. The van der Waals surface area contributed by atoms with E-state index in [2.05, 4.69) is 41.5 Å². The molecule has 0 aromatic heterocycles. The summed E-state index contributed by atoms with van der Waals surface area (Å²) in [5, 5.41) is 0. The molecule has 0 aliphatic heterocycles. The van der Waals surface area contributed by atoms with Gasteiger partial charge in [0.2, 0.25) is 0 Å². The molecule has 1 aliphatic carbocycles. The van der Waals surface area contributed by atoms with Crippen LogP contribution in [0.2, 0.25) is 0 Å². The molecule has 2 atom stereocenters. The molecule has 0 heteroatoms. The molecular formula is C20H42. The summed E-state index contributed by atoms with van der Waals surface area (Å²) in [6, 6.07) is 0. The Kier molecular flexibility index (Phi) is 11.6. The van der Waals surface area contributed by atoms with Crippen LogP contribution in [0.3, 0.4) is 0 Å². The molecule has 1 saturated carbocycles. The maximum absolute atomic E-state index is 2.48. The summed E-state index contributed by atoms with van der Waals surface area (Å²) in [5.74, 6) is 2.02. The highest BCUT2D eigenvalue weighted by molar-refractivity contribution is 4.74. The van der Waals surface area contributed by atoms with Crippen molar-refractivity contribution < 1.29 is 0 Å². The fraction of sp³-hybridized carbons (Fsp3) is 1.00. The highest BCUT2D eigenvalue weighted by Gasteiger charge is 2.22. The van der Waals surface area contributed by atoms with Gasteiger partial charge >= 0.3 is 0 Å². The topological polar surface area (TPSA) is 0 Å². The molecule has 0 saturated heterocycles. The van der Waals surface area contributed by atoms with Crippen molar-refractivity contribution in [3.8, 4) is 0 Å². The SMILES string of the molecule is CCC.CCC1CCCCCC(C)(C)CCCC1CC. The first-order chi connectivity index (χ1) is 9.50. The van der Waals surface area contributed by atoms with Crippen LogP contribution in [0.1, 0.15) is 112 Å². The van der Waals surface area contributed by atoms with E-state index in [1.54, 1.807) is 0 Å². The van der Waals surface area contributed by atoms with Crippen molar-refractivity contribution in [2.75, 3.05) is 0 Å². The van der Waals surface area contributed by atoms with Gasteiger partial charge in [-0.3, -0.25) is 0 Å². The van der Waals surface area contributed by atoms with Crippen LogP contribution in [0, 0.1) is 17.3 Å². The quantitative estimate of drug-likeness (QED) is 0.488. The van der Waals surface area contributed by atoms with Gasteiger partial charge < -0.3 is 0 Å². The smallest absolute Gasteiger partial charge is 0.0354 e. The molecule has 122 valence electrons. The minimum Gasteiger partial charge on any atom is -0.0656 e. The van der Waals surface area contributed by atoms with Crippen LogP contribution in [0.4, 0.5) is 0 Å². The average molecular weight is 283 g/mol. The first-order valence-electron chi connectivity index (χ1n) is 9.50. The van der Waals surface area contributed by atoms with Crippen molar-refractivity contribution in [3.63, 3.8) is 0 Å². The van der Waals surface area contributed by atoms with Gasteiger partial charge in [0.25, 0.3) is 0 Å². The lowest BCUT2D eigenvalue weighted by atomic mass is 9.79. The van der Waals surface area contributed by atoms with Crippen molar-refractivity contribution in [1.82, 2.24) is 0 Å². The van der Waals surface area contributed by atoms with Gasteiger partial charge in [-0.25, -0.2) is 0 Å². The summed E-state index contributed by atoms with van der Waals surface area (Å²) in [7, 11) is 0. The maximum atomic E-state index is 2.48. The van der Waals surface area contributed by atoms with E-state index >= 15 is 0 Å². The normalized spacial score (nSPS) is 27.9. The molecule has 0 heterocycles. The largest absolute Gasteiger partial charge is 0.0656 e. The molecule has 0 spiro atoms. The van der Waals surface area contributed by atoms with Gasteiger partial charge in [0.15, 0.2) is 0 Å². The van der Waals surface area contributed by atoms with Crippen LogP contribution in [-0.4, -0.2) is 0 Å². The molecule has 1 rings (SSSR count). The second kappa shape index (κ2) is 11.6. The van der Waals surface area contributed by atoms with Gasteiger partial charge in [-0.1, -0.05) is 99.3 Å². The summed E-state index contributed by atoms with van der Waals surface area (Å²) in [4.78, 5) is 0. The van der Waals surface area contributed by atoms with E-state index in [0.29, 0.717) is 5.41 Å². The molecule has 0 radical (unpaired) electrons. The summed E-state index contributed by atoms with van der Waals surface area (Å²) in [6.07, 6.45) is 15.8. The predicted molar refractivity (Wildman–Crippen MR) is 94.2 cm³/mol. The summed E-state index contributed by atoms with van der Waals surface area (Å²) < 4.78 is 0. The zero-order chi connectivity index (χ0) is 15.4. The van der Waals surface area contributed by atoms with Gasteiger partial charge in [-0.15, -0.1) is 0 Å². The standard InChI is InChI=1S/C17H34.C3H8/c1-5-15-11-8-7-9-13-17(3,4)14-10-12-16(15)6-2;1-3-2/h15-16H,5-14H2,1-4H3;3H2,1-2H3. The lowest BCUT2D eigenvalue weighted by Gasteiger charge is -2.27. The van der Waals surface area contributed by atoms with Crippen LogP contribution >= 0.6 is 0 Å². The Morgan fingerprint density at radius 3 is 1.65 bits per heavy atom. The fourth-order valence-electron chi connectivity index (χ4n) is 3.70.